The lowest BCUT2D eigenvalue weighted by molar-refractivity contribution is -0.114. The maximum atomic E-state index is 11.0. The lowest BCUT2D eigenvalue weighted by atomic mass is 10.1. The Labute approximate surface area is 97.4 Å². The van der Waals surface area contributed by atoms with Crippen LogP contribution >= 0.6 is 0 Å². The number of aliphatic hydroxyl groups excluding tert-OH is 1. The van der Waals surface area contributed by atoms with Crippen molar-refractivity contribution in [3.63, 3.8) is 0 Å². The van der Waals surface area contributed by atoms with E-state index in [1.807, 2.05) is 0 Å². The van der Waals surface area contributed by atoms with Crippen molar-refractivity contribution in [3.8, 4) is 0 Å². The van der Waals surface area contributed by atoms with Crippen LogP contribution in [0.25, 0.3) is 0 Å². The van der Waals surface area contributed by atoms with Crippen molar-refractivity contribution in [2.45, 2.75) is 6.42 Å². The van der Waals surface area contributed by atoms with Crippen molar-refractivity contribution < 1.29 is 14.3 Å². The second-order valence-corrected chi connectivity index (χ2v) is 3.32. The van der Waals surface area contributed by atoms with Crippen LogP contribution in [0.3, 0.4) is 0 Å². The first-order valence-electron chi connectivity index (χ1n) is 4.68. The maximum Gasteiger partial charge on any atom is 0.256 e. The summed E-state index contributed by atoms with van der Waals surface area (Å²) < 4.78 is 5.06. The van der Waals surface area contributed by atoms with E-state index in [1.165, 1.54) is 6.26 Å². The van der Waals surface area contributed by atoms with Crippen LogP contribution in [0, 0.1) is 0 Å². The largest absolute Gasteiger partial charge is 0.494 e. The molecule has 0 aliphatic carbocycles. The average Bonchev–Trinajstić information content (AvgIpc) is 2.68. The molecule has 0 spiro atoms. The SMILES string of the molecule is NC(=O)C(=C(/N)O)/C(N)=C(\N)Cc1ccco1. The second kappa shape index (κ2) is 4.97. The number of furan rings is 1. The molecule has 0 aromatic carbocycles. The van der Waals surface area contributed by atoms with Gasteiger partial charge in [0, 0.05) is 12.1 Å². The third kappa shape index (κ3) is 2.94. The van der Waals surface area contributed by atoms with Crippen molar-refractivity contribution in [2.75, 3.05) is 0 Å². The van der Waals surface area contributed by atoms with Crippen LogP contribution in [0.4, 0.5) is 0 Å². The summed E-state index contributed by atoms with van der Waals surface area (Å²) in [5, 5.41) is 9.09. The minimum atomic E-state index is -0.954. The zero-order valence-electron chi connectivity index (χ0n) is 9.01. The van der Waals surface area contributed by atoms with Gasteiger partial charge in [0.05, 0.1) is 12.0 Å². The van der Waals surface area contributed by atoms with Crippen LogP contribution in [0.15, 0.2) is 45.7 Å². The second-order valence-electron chi connectivity index (χ2n) is 3.32. The number of allylic oxidation sites excluding steroid dienone is 1. The fraction of sp³-hybridized carbons (Fsp3) is 0.100. The van der Waals surface area contributed by atoms with Gasteiger partial charge in [-0.3, -0.25) is 4.79 Å². The van der Waals surface area contributed by atoms with E-state index in [9.17, 15) is 4.79 Å². The molecule has 0 unspecified atom stereocenters. The first-order chi connectivity index (χ1) is 7.93. The Balaban J connectivity index is 3.04. The standard InChI is InChI=1S/C10H14N4O3/c11-6(4-5-2-1-3-17-5)8(12)7(9(13)15)10(14)16/h1-3,15H,4,11-13H2,(H2,14,16)/b8-6+,9-7-. The molecule has 17 heavy (non-hydrogen) atoms. The number of carbonyl (C=O) groups is 1. The van der Waals surface area contributed by atoms with Gasteiger partial charge in [-0.15, -0.1) is 0 Å². The summed E-state index contributed by atoms with van der Waals surface area (Å²) in [6.07, 6.45) is 1.66. The molecule has 1 rings (SSSR count). The quantitative estimate of drug-likeness (QED) is 0.262. The van der Waals surface area contributed by atoms with Gasteiger partial charge in [-0.1, -0.05) is 0 Å². The van der Waals surface area contributed by atoms with E-state index in [4.69, 9.17) is 32.5 Å². The van der Waals surface area contributed by atoms with Crippen LogP contribution in [-0.4, -0.2) is 11.0 Å². The minimum absolute atomic E-state index is 0.130. The van der Waals surface area contributed by atoms with Gasteiger partial charge in [0.15, 0.2) is 5.88 Å². The number of hydrogen-bond donors (Lipinski definition) is 5. The summed E-state index contributed by atoms with van der Waals surface area (Å²) >= 11 is 0. The molecular weight excluding hydrogens is 224 g/mol. The molecule has 7 nitrogen and oxygen atoms in total. The molecule has 0 aliphatic heterocycles. The number of primary amides is 1. The van der Waals surface area contributed by atoms with Crippen LogP contribution in [-0.2, 0) is 11.2 Å². The number of hydrogen-bond acceptors (Lipinski definition) is 6. The van der Waals surface area contributed by atoms with E-state index in [-0.39, 0.29) is 17.8 Å². The molecular formula is C10H14N4O3. The van der Waals surface area contributed by atoms with E-state index < -0.39 is 17.4 Å². The summed E-state index contributed by atoms with van der Waals surface area (Å²) in [5.74, 6) is -1.16. The van der Waals surface area contributed by atoms with Gasteiger partial charge in [0.25, 0.3) is 5.91 Å². The highest BCUT2D eigenvalue weighted by molar-refractivity contribution is 5.96. The molecule has 92 valence electrons. The minimum Gasteiger partial charge on any atom is -0.494 e. The Morgan fingerprint density at radius 2 is 1.94 bits per heavy atom. The monoisotopic (exact) mass is 238 g/mol. The Morgan fingerprint density at radius 1 is 1.29 bits per heavy atom. The van der Waals surface area contributed by atoms with Crippen LogP contribution < -0.4 is 22.9 Å². The summed E-state index contributed by atoms with van der Waals surface area (Å²) in [6.45, 7) is 0. The number of amides is 1. The molecule has 0 saturated carbocycles. The Hall–Kier alpha value is -2.57. The van der Waals surface area contributed by atoms with E-state index in [0.717, 1.165) is 0 Å². The molecule has 1 amide bonds. The predicted octanol–water partition coefficient (Wildman–Crippen LogP) is -0.835. The smallest absolute Gasteiger partial charge is 0.256 e. The highest BCUT2D eigenvalue weighted by atomic mass is 16.3. The molecule has 0 aliphatic rings. The predicted molar refractivity (Wildman–Crippen MR) is 60.8 cm³/mol. The molecule has 1 aromatic rings. The Kier molecular flexibility index (Phi) is 3.66. The van der Waals surface area contributed by atoms with Crippen molar-refractivity contribution in [1.29, 1.82) is 0 Å². The molecule has 0 bridgehead atoms. The number of aliphatic hydroxyl groups is 1. The zero-order chi connectivity index (χ0) is 13.0. The van der Waals surface area contributed by atoms with E-state index in [0.29, 0.717) is 5.76 Å². The summed E-state index contributed by atoms with van der Waals surface area (Å²) in [5.41, 5.74) is 21.0. The summed E-state index contributed by atoms with van der Waals surface area (Å²) in [4.78, 5) is 11.0. The number of rotatable bonds is 4. The highest BCUT2D eigenvalue weighted by Gasteiger charge is 2.16. The van der Waals surface area contributed by atoms with Gasteiger partial charge in [0.1, 0.15) is 11.3 Å². The molecule has 7 heteroatoms. The van der Waals surface area contributed by atoms with Crippen molar-refractivity contribution >= 4 is 5.91 Å². The number of nitrogens with two attached hydrogens (primary N) is 4. The molecule has 1 heterocycles. The van der Waals surface area contributed by atoms with Crippen LogP contribution in [0.1, 0.15) is 5.76 Å². The lowest BCUT2D eigenvalue weighted by Crippen LogP contribution is -2.26. The van der Waals surface area contributed by atoms with Gasteiger partial charge in [0.2, 0.25) is 0 Å². The Bertz CT molecular complexity index is 470. The van der Waals surface area contributed by atoms with Gasteiger partial charge in [-0.05, 0) is 12.1 Å². The summed E-state index contributed by atoms with van der Waals surface area (Å²) in [7, 11) is 0. The first kappa shape index (κ1) is 12.5. The maximum absolute atomic E-state index is 11.0. The molecule has 0 atom stereocenters. The fourth-order valence-electron chi connectivity index (χ4n) is 1.25. The summed E-state index contributed by atoms with van der Waals surface area (Å²) in [6, 6.07) is 3.38. The van der Waals surface area contributed by atoms with E-state index in [2.05, 4.69) is 0 Å². The lowest BCUT2D eigenvalue weighted by Gasteiger charge is -2.08. The molecule has 9 N–H and O–H groups in total. The third-order valence-electron chi connectivity index (χ3n) is 2.06. The normalized spacial score (nSPS) is 13.9. The first-order valence-corrected chi connectivity index (χ1v) is 4.68. The molecule has 0 saturated heterocycles. The van der Waals surface area contributed by atoms with Gasteiger partial charge in [-0.25, -0.2) is 0 Å². The van der Waals surface area contributed by atoms with Crippen LogP contribution in [0.5, 0.6) is 0 Å². The van der Waals surface area contributed by atoms with E-state index >= 15 is 0 Å². The van der Waals surface area contributed by atoms with Gasteiger partial charge < -0.3 is 32.5 Å². The Morgan fingerprint density at radius 3 is 2.35 bits per heavy atom. The van der Waals surface area contributed by atoms with Crippen molar-refractivity contribution in [2.24, 2.45) is 22.9 Å². The van der Waals surface area contributed by atoms with Gasteiger partial charge >= 0.3 is 0 Å². The van der Waals surface area contributed by atoms with Gasteiger partial charge in [-0.2, -0.15) is 0 Å². The highest BCUT2D eigenvalue weighted by Crippen LogP contribution is 2.12. The molecule has 0 radical (unpaired) electrons. The topological polar surface area (TPSA) is 155 Å². The zero-order valence-corrected chi connectivity index (χ0v) is 9.01. The van der Waals surface area contributed by atoms with Crippen molar-refractivity contribution in [1.82, 2.24) is 0 Å². The average molecular weight is 238 g/mol. The molecule has 1 aromatic heterocycles. The fourth-order valence-corrected chi connectivity index (χ4v) is 1.25. The molecule has 0 fully saturated rings. The van der Waals surface area contributed by atoms with Crippen LogP contribution in [0.2, 0.25) is 0 Å². The van der Waals surface area contributed by atoms with E-state index in [1.54, 1.807) is 12.1 Å². The third-order valence-corrected chi connectivity index (χ3v) is 2.06. The number of carbonyl (C=O) groups excluding carboxylic acids is 1. The van der Waals surface area contributed by atoms with Crippen molar-refractivity contribution in [3.05, 3.63) is 47.0 Å².